The average Bonchev–Trinajstić information content (AvgIpc) is 2.56. The molecule has 2 aromatic rings. The van der Waals surface area contributed by atoms with E-state index < -0.39 is 9.84 Å². The number of carbonyl (C=O) groups is 1. The number of hydrogen-bond donors (Lipinski definition) is 2. The summed E-state index contributed by atoms with van der Waals surface area (Å²) in [5.74, 6) is 0.00646. The van der Waals surface area contributed by atoms with Crippen LogP contribution in [0.15, 0.2) is 41.3 Å². The van der Waals surface area contributed by atoms with Crippen molar-refractivity contribution in [2.75, 3.05) is 30.0 Å². The molecule has 0 aliphatic rings. The topological polar surface area (TPSA) is 84.5 Å². The van der Waals surface area contributed by atoms with E-state index in [-0.39, 0.29) is 23.1 Å². The van der Waals surface area contributed by atoms with Crippen molar-refractivity contribution in [2.45, 2.75) is 25.7 Å². The number of rotatable bonds is 7. The van der Waals surface area contributed by atoms with Crippen LogP contribution < -0.4 is 15.4 Å². The van der Waals surface area contributed by atoms with Gasteiger partial charge in [-0.05, 0) is 44.0 Å². The van der Waals surface area contributed by atoms with Crippen LogP contribution in [0.25, 0.3) is 0 Å². The van der Waals surface area contributed by atoms with Gasteiger partial charge in [0, 0.05) is 11.9 Å². The number of benzene rings is 2. The first-order valence-electron chi connectivity index (χ1n) is 8.29. The van der Waals surface area contributed by atoms with Gasteiger partial charge in [0.1, 0.15) is 4.90 Å². The maximum Gasteiger partial charge on any atom is 0.243 e. The zero-order valence-corrected chi connectivity index (χ0v) is 16.2. The fraction of sp³-hybridized carbons (Fsp3) is 0.316. The van der Waals surface area contributed by atoms with Crippen LogP contribution in [0, 0.1) is 13.8 Å². The van der Waals surface area contributed by atoms with E-state index in [1.165, 1.54) is 6.07 Å². The van der Waals surface area contributed by atoms with Crippen LogP contribution in [0.2, 0.25) is 0 Å². The Morgan fingerprint density at radius 1 is 1.08 bits per heavy atom. The molecule has 2 N–H and O–H groups in total. The molecule has 0 saturated heterocycles. The minimum Gasteiger partial charge on any atom is -0.490 e. The summed E-state index contributed by atoms with van der Waals surface area (Å²) in [6, 6.07) is 10.6. The Morgan fingerprint density at radius 3 is 2.27 bits per heavy atom. The smallest absolute Gasteiger partial charge is 0.243 e. The van der Waals surface area contributed by atoms with Crippen LogP contribution >= 0.6 is 0 Å². The molecule has 6 nitrogen and oxygen atoms in total. The lowest BCUT2D eigenvalue weighted by atomic mass is 10.1. The molecule has 1 amide bonds. The molecule has 0 unspecified atom stereocenters. The molecule has 2 rings (SSSR count). The number of hydrogen-bond acceptors (Lipinski definition) is 5. The van der Waals surface area contributed by atoms with Gasteiger partial charge in [-0.2, -0.15) is 0 Å². The molecule has 0 fully saturated rings. The molecule has 0 aromatic heterocycles. The normalized spacial score (nSPS) is 11.1. The molecular formula is C19H24N2O4S. The molecule has 0 radical (unpaired) electrons. The van der Waals surface area contributed by atoms with Crippen molar-refractivity contribution in [1.29, 1.82) is 0 Å². The standard InChI is InChI=1S/C19H24N2O4S/c1-5-25-19-15(10-7-11-16(19)26(4,23)24)20-12-17(22)21-18-13(2)8-6-9-14(18)3/h6-11,20H,5,12H2,1-4H3,(H,21,22). The van der Waals surface area contributed by atoms with Gasteiger partial charge in [0.15, 0.2) is 15.6 Å². The number of ether oxygens (including phenoxy) is 1. The van der Waals surface area contributed by atoms with Crippen LogP contribution in [0.1, 0.15) is 18.1 Å². The van der Waals surface area contributed by atoms with Gasteiger partial charge in [0.2, 0.25) is 5.91 Å². The summed E-state index contributed by atoms with van der Waals surface area (Å²) in [6.07, 6.45) is 1.13. The van der Waals surface area contributed by atoms with Crippen molar-refractivity contribution >= 4 is 27.1 Å². The van der Waals surface area contributed by atoms with Crippen LogP contribution in [-0.2, 0) is 14.6 Å². The largest absolute Gasteiger partial charge is 0.490 e. The van der Waals surface area contributed by atoms with E-state index in [9.17, 15) is 13.2 Å². The van der Waals surface area contributed by atoms with Crippen LogP contribution in [-0.4, -0.2) is 33.7 Å². The highest BCUT2D eigenvalue weighted by atomic mass is 32.2. The second-order valence-corrected chi connectivity index (χ2v) is 7.99. The fourth-order valence-corrected chi connectivity index (χ4v) is 3.44. The van der Waals surface area contributed by atoms with Crippen LogP contribution in [0.3, 0.4) is 0 Å². The lowest BCUT2D eigenvalue weighted by Crippen LogP contribution is -2.23. The Kier molecular flexibility index (Phi) is 6.26. The highest BCUT2D eigenvalue weighted by Gasteiger charge is 2.18. The zero-order valence-electron chi connectivity index (χ0n) is 15.4. The Hall–Kier alpha value is -2.54. The summed E-state index contributed by atoms with van der Waals surface area (Å²) in [5, 5.41) is 5.85. The molecular weight excluding hydrogens is 352 g/mol. The Balaban J connectivity index is 2.18. The quantitative estimate of drug-likeness (QED) is 0.775. The first-order valence-corrected chi connectivity index (χ1v) is 10.2. The van der Waals surface area contributed by atoms with E-state index >= 15 is 0 Å². The number of aryl methyl sites for hydroxylation is 2. The third-order valence-electron chi connectivity index (χ3n) is 3.85. The summed E-state index contributed by atoms with van der Waals surface area (Å²) in [7, 11) is -3.44. The zero-order chi connectivity index (χ0) is 19.3. The number of anilines is 2. The van der Waals surface area contributed by atoms with Gasteiger partial charge in [-0.3, -0.25) is 4.79 Å². The molecule has 0 spiro atoms. The van der Waals surface area contributed by atoms with Gasteiger partial charge in [0.05, 0.1) is 18.8 Å². The van der Waals surface area contributed by atoms with E-state index in [1.54, 1.807) is 19.1 Å². The van der Waals surface area contributed by atoms with Crippen molar-refractivity contribution in [3.63, 3.8) is 0 Å². The minimum absolute atomic E-state index is 0.0128. The maximum absolute atomic E-state index is 12.3. The van der Waals surface area contributed by atoms with Gasteiger partial charge in [-0.15, -0.1) is 0 Å². The number of para-hydroxylation sites is 2. The molecule has 26 heavy (non-hydrogen) atoms. The van der Waals surface area contributed by atoms with Gasteiger partial charge >= 0.3 is 0 Å². The third kappa shape index (κ3) is 4.76. The first kappa shape index (κ1) is 19.8. The Labute approximate surface area is 154 Å². The SMILES string of the molecule is CCOc1c(NCC(=O)Nc2c(C)cccc2C)cccc1S(C)(=O)=O. The lowest BCUT2D eigenvalue weighted by molar-refractivity contribution is -0.114. The van der Waals surface area contributed by atoms with Crippen molar-refractivity contribution in [2.24, 2.45) is 0 Å². The Bertz CT molecular complexity index is 888. The van der Waals surface area contributed by atoms with Gasteiger partial charge in [0.25, 0.3) is 0 Å². The van der Waals surface area contributed by atoms with Crippen molar-refractivity contribution in [3.8, 4) is 5.75 Å². The third-order valence-corrected chi connectivity index (χ3v) is 4.97. The van der Waals surface area contributed by atoms with Gasteiger partial charge in [-0.1, -0.05) is 24.3 Å². The first-order chi connectivity index (χ1) is 12.2. The predicted molar refractivity (Wildman–Crippen MR) is 104 cm³/mol. The molecule has 140 valence electrons. The Morgan fingerprint density at radius 2 is 1.69 bits per heavy atom. The van der Waals surface area contributed by atoms with Crippen LogP contribution in [0.4, 0.5) is 11.4 Å². The van der Waals surface area contributed by atoms with E-state index in [2.05, 4.69) is 10.6 Å². The maximum atomic E-state index is 12.3. The number of nitrogens with one attached hydrogen (secondary N) is 2. The highest BCUT2D eigenvalue weighted by molar-refractivity contribution is 7.90. The van der Waals surface area contributed by atoms with Crippen molar-refractivity contribution in [3.05, 3.63) is 47.5 Å². The summed E-state index contributed by atoms with van der Waals surface area (Å²) in [5.41, 5.74) is 3.21. The second-order valence-electron chi connectivity index (χ2n) is 6.01. The number of sulfone groups is 1. The minimum atomic E-state index is -3.44. The molecule has 0 saturated carbocycles. The molecule has 0 bridgehead atoms. The molecule has 0 aliphatic carbocycles. The number of carbonyl (C=O) groups excluding carboxylic acids is 1. The summed E-state index contributed by atoms with van der Waals surface area (Å²) < 4.78 is 29.4. The van der Waals surface area contributed by atoms with Gasteiger partial charge in [-0.25, -0.2) is 8.42 Å². The van der Waals surface area contributed by atoms with Crippen molar-refractivity contribution < 1.29 is 17.9 Å². The molecule has 2 aromatic carbocycles. The fourth-order valence-electron chi connectivity index (χ4n) is 2.61. The summed E-state index contributed by atoms with van der Waals surface area (Å²) in [4.78, 5) is 12.4. The van der Waals surface area contributed by atoms with Crippen molar-refractivity contribution in [1.82, 2.24) is 0 Å². The van der Waals surface area contributed by atoms with E-state index in [4.69, 9.17) is 4.74 Å². The molecule has 7 heteroatoms. The molecule has 0 atom stereocenters. The van der Waals surface area contributed by atoms with E-state index in [1.807, 2.05) is 32.0 Å². The van der Waals surface area contributed by atoms with Gasteiger partial charge < -0.3 is 15.4 Å². The van der Waals surface area contributed by atoms with E-state index in [0.717, 1.165) is 23.1 Å². The van der Waals surface area contributed by atoms with E-state index in [0.29, 0.717) is 12.3 Å². The molecule has 0 aliphatic heterocycles. The predicted octanol–water partition coefficient (Wildman–Crippen LogP) is 3.16. The second kappa shape index (κ2) is 8.23. The molecule has 0 heterocycles. The number of amides is 1. The monoisotopic (exact) mass is 376 g/mol. The highest BCUT2D eigenvalue weighted by Crippen LogP contribution is 2.32. The summed E-state index contributed by atoms with van der Waals surface area (Å²) in [6.45, 7) is 5.94. The lowest BCUT2D eigenvalue weighted by Gasteiger charge is -2.16. The average molecular weight is 376 g/mol. The van der Waals surface area contributed by atoms with Crippen LogP contribution in [0.5, 0.6) is 5.75 Å². The summed E-state index contributed by atoms with van der Waals surface area (Å²) >= 11 is 0.